The van der Waals surface area contributed by atoms with Crippen molar-refractivity contribution in [2.45, 2.75) is 26.2 Å². The number of aryl methyl sites for hydroxylation is 1. The monoisotopic (exact) mass is 136 g/mol. The minimum atomic E-state index is 0. The van der Waals surface area contributed by atoms with E-state index in [4.69, 9.17) is 0 Å². The van der Waals surface area contributed by atoms with E-state index in [9.17, 15) is 0 Å². The van der Waals surface area contributed by atoms with Gasteiger partial charge in [0, 0.05) is 1.43 Å². The number of rotatable bonds is 3. The molecule has 0 nitrogen and oxygen atoms in total. The van der Waals surface area contributed by atoms with Crippen LogP contribution in [0.3, 0.4) is 0 Å². The summed E-state index contributed by atoms with van der Waals surface area (Å²) >= 11 is 0. The van der Waals surface area contributed by atoms with E-state index in [1.54, 1.807) is 0 Å². The second kappa shape index (κ2) is 4.10. The van der Waals surface area contributed by atoms with Crippen molar-refractivity contribution < 1.29 is 1.43 Å². The minimum absolute atomic E-state index is 0. The molecule has 0 N–H and O–H groups in total. The van der Waals surface area contributed by atoms with Gasteiger partial charge in [-0.2, -0.15) is 0 Å². The Morgan fingerprint density at radius 2 is 1.90 bits per heavy atom. The number of hydrogen-bond donors (Lipinski definition) is 0. The first-order valence-electron chi connectivity index (χ1n) is 3.97. The first-order valence-corrected chi connectivity index (χ1v) is 3.97. The quantitative estimate of drug-likeness (QED) is 0.598. The first kappa shape index (κ1) is 7.33. The van der Waals surface area contributed by atoms with Gasteiger partial charge in [-0.25, -0.2) is 0 Å². The third kappa shape index (κ3) is 2.22. The maximum absolute atomic E-state index is 2.23. The predicted molar refractivity (Wildman–Crippen MR) is 47.2 cm³/mol. The summed E-state index contributed by atoms with van der Waals surface area (Å²) in [6, 6.07) is 10.6. The van der Waals surface area contributed by atoms with Gasteiger partial charge in [-0.3, -0.25) is 0 Å². The van der Waals surface area contributed by atoms with Crippen molar-refractivity contribution >= 4 is 0 Å². The van der Waals surface area contributed by atoms with Gasteiger partial charge in [0.15, 0.2) is 0 Å². The molecule has 0 amide bonds. The van der Waals surface area contributed by atoms with Crippen molar-refractivity contribution in [3.05, 3.63) is 35.9 Å². The highest BCUT2D eigenvalue weighted by Gasteiger charge is 1.87. The van der Waals surface area contributed by atoms with Crippen LogP contribution in [0.4, 0.5) is 0 Å². The van der Waals surface area contributed by atoms with Gasteiger partial charge >= 0.3 is 0 Å². The molecule has 1 rings (SSSR count). The van der Waals surface area contributed by atoms with Crippen molar-refractivity contribution in [3.63, 3.8) is 0 Å². The second-order valence-electron chi connectivity index (χ2n) is 2.59. The Hall–Kier alpha value is -0.780. The molecule has 0 bridgehead atoms. The Morgan fingerprint density at radius 1 is 1.20 bits per heavy atom. The highest BCUT2D eigenvalue weighted by atomic mass is 13.9. The lowest BCUT2D eigenvalue weighted by atomic mass is 10.1. The standard InChI is InChI=1S/C10H14.H2/c1-2-3-7-10-8-5-4-6-9-10;/h4-6,8-9H,2-3,7H2,1H3;1H. The zero-order valence-electron chi connectivity index (χ0n) is 6.51. The topological polar surface area (TPSA) is 0 Å². The molecule has 0 heterocycles. The zero-order chi connectivity index (χ0) is 7.23. The number of hydrogen-bond acceptors (Lipinski definition) is 0. The van der Waals surface area contributed by atoms with Crippen LogP contribution in [-0.4, -0.2) is 0 Å². The molecule has 0 heteroatoms. The Morgan fingerprint density at radius 3 is 2.50 bits per heavy atom. The third-order valence-corrected chi connectivity index (χ3v) is 1.66. The average Bonchev–Trinajstić information content (AvgIpc) is 2.03. The molecule has 0 atom stereocenters. The zero-order valence-corrected chi connectivity index (χ0v) is 6.51. The highest BCUT2D eigenvalue weighted by molar-refractivity contribution is 5.14. The number of benzene rings is 1. The van der Waals surface area contributed by atoms with Gasteiger partial charge in [0.05, 0.1) is 0 Å². The third-order valence-electron chi connectivity index (χ3n) is 1.66. The molecule has 56 valence electrons. The molecule has 1 aromatic carbocycles. The molecule has 0 fully saturated rings. The van der Waals surface area contributed by atoms with E-state index >= 15 is 0 Å². The van der Waals surface area contributed by atoms with Crippen molar-refractivity contribution in [1.82, 2.24) is 0 Å². The van der Waals surface area contributed by atoms with Gasteiger partial charge in [-0.15, -0.1) is 0 Å². The molecule has 0 aliphatic rings. The van der Waals surface area contributed by atoms with E-state index in [0.717, 1.165) is 0 Å². The van der Waals surface area contributed by atoms with E-state index < -0.39 is 0 Å². The molecule has 0 aliphatic heterocycles. The van der Waals surface area contributed by atoms with E-state index in [0.29, 0.717) is 0 Å². The summed E-state index contributed by atoms with van der Waals surface area (Å²) in [5.74, 6) is 0. The molecule has 0 aliphatic carbocycles. The molecule has 0 radical (unpaired) electrons. The van der Waals surface area contributed by atoms with Crippen LogP contribution in [0.5, 0.6) is 0 Å². The summed E-state index contributed by atoms with van der Waals surface area (Å²) in [6.45, 7) is 2.23. The molecule has 0 spiro atoms. The smallest absolute Gasteiger partial charge is 0 e. The van der Waals surface area contributed by atoms with Crippen LogP contribution in [0, 0.1) is 0 Å². The Kier molecular flexibility index (Phi) is 3.01. The average molecular weight is 136 g/mol. The molecule has 0 aromatic heterocycles. The summed E-state index contributed by atoms with van der Waals surface area (Å²) in [7, 11) is 0. The molecule has 1 aromatic rings. The minimum Gasteiger partial charge on any atom is -0.0654 e. The molecule has 0 saturated heterocycles. The molecular formula is C10H16. The SMILES string of the molecule is CCCCc1ccccc1.[HH]. The van der Waals surface area contributed by atoms with E-state index in [2.05, 4.69) is 37.3 Å². The van der Waals surface area contributed by atoms with Crippen LogP contribution in [0.2, 0.25) is 0 Å². The van der Waals surface area contributed by atoms with Gasteiger partial charge in [-0.05, 0) is 18.4 Å². The molecule has 10 heavy (non-hydrogen) atoms. The van der Waals surface area contributed by atoms with Crippen LogP contribution in [0.1, 0.15) is 26.8 Å². The van der Waals surface area contributed by atoms with E-state index in [1.165, 1.54) is 24.8 Å². The maximum Gasteiger partial charge on any atom is 0 e. The number of unbranched alkanes of at least 4 members (excludes halogenated alkanes) is 1. The van der Waals surface area contributed by atoms with E-state index in [1.807, 2.05) is 0 Å². The lowest BCUT2D eigenvalue weighted by Crippen LogP contribution is -1.81. The fourth-order valence-corrected chi connectivity index (χ4v) is 1.03. The van der Waals surface area contributed by atoms with Crippen molar-refractivity contribution in [2.24, 2.45) is 0 Å². The largest absolute Gasteiger partial charge is 0.0654 e. The summed E-state index contributed by atoms with van der Waals surface area (Å²) in [5, 5.41) is 0. The normalized spacial score (nSPS) is 9.70. The van der Waals surface area contributed by atoms with Gasteiger partial charge in [0.25, 0.3) is 0 Å². The maximum atomic E-state index is 2.23. The highest BCUT2D eigenvalue weighted by Crippen LogP contribution is 2.03. The van der Waals surface area contributed by atoms with Gasteiger partial charge in [0.1, 0.15) is 0 Å². The van der Waals surface area contributed by atoms with Crippen molar-refractivity contribution in [2.75, 3.05) is 0 Å². The summed E-state index contributed by atoms with van der Waals surface area (Å²) < 4.78 is 0. The van der Waals surface area contributed by atoms with Crippen molar-refractivity contribution in [3.8, 4) is 0 Å². The lowest BCUT2D eigenvalue weighted by molar-refractivity contribution is 0.795. The fraction of sp³-hybridized carbons (Fsp3) is 0.400. The van der Waals surface area contributed by atoms with E-state index in [-0.39, 0.29) is 1.43 Å². The summed E-state index contributed by atoms with van der Waals surface area (Å²) in [6.07, 6.45) is 3.83. The van der Waals surface area contributed by atoms with Crippen molar-refractivity contribution in [1.29, 1.82) is 0 Å². The fourth-order valence-electron chi connectivity index (χ4n) is 1.03. The summed E-state index contributed by atoms with van der Waals surface area (Å²) in [4.78, 5) is 0. The predicted octanol–water partition coefficient (Wildman–Crippen LogP) is 3.28. The van der Waals surface area contributed by atoms with Crippen LogP contribution in [0.15, 0.2) is 30.3 Å². The lowest BCUT2D eigenvalue weighted by Gasteiger charge is -1.96. The Labute approximate surface area is 64.4 Å². The van der Waals surface area contributed by atoms with Crippen LogP contribution in [-0.2, 0) is 6.42 Å². The van der Waals surface area contributed by atoms with Gasteiger partial charge < -0.3 is 0 Å². The van der Waals surface area contributed by atoms with Crippen LogP contribution >= 0.6 is 0 Å². The summed E-state index contributed by atoms with van der Waals surface area (Å²) in [5.41, 5.74) is 1.46. The second-order valence-corrected chi connectivity index (χ2v) is 2.59. The van der Waals surface area contributed by atoms with Crippen LogP contribution < -0.4 is 0 Å². The Balaban J connectivity index is 0.000001000. The van der Waals surface area contributed by atoms with Crippen LogP contribution in [0.25, 0.3) is 0 Å². The first-order chi connectivity index (χ1) is 4.93. The van der Waals surface area contributed by atoms with Gasteiger partial charge in [0.2, 0.25) is 0 Å². The molecule has 0 unspecified atom stereocenters. The van der Waals surface area contributed by atoms with Gasteiger partial charge in [-0.1, -0.05) is 43.7 Å². The molecular weight excluding hydrogens is 120 g/mol. The Bertz CT molecular complexity index is 169. The molecule has 0 saturated carbocycles.